The normalized spacial score (nSPS) is 17.3. The molecule has 0 spiro atoms. The number of hydrogen-bond acceptors (Lipinski definition) is 2. The highest BCUT2D eigenvalue weighted by atomic mass is 19.4. The molecule has 0 saturated carbocycles. The summed E-state index contributed by atoms with van der Waals surface area (Å²) in [5, 5.41) is 2.66. The van der Waals surface area contributed by atoms with Crippen LogP contribution in [0.4, 0.5) is 13.2 Å². The number of hydrogen-bond donors (Lipinski definition) is 1. The number of amides is 2. The van der Waals surface area contributed by atoms with E-state index < -0.39 is 17.8 Å². The molecule has 132 valence electrons. The summed E-state index contributed by atoms with van der Waals surface area (Å²) in [4.78, 5) is 25.5. The maximum Gasteiger partial charge on any atom is 0.416 e. The number of carbonyl (C=O) groups excluding carboxylic acids is 2. The molecule has 1 aliphatic rings. The molecule has 1 N–H and O–H groups in total. The zero-order valence-corrected chi connectivity index (χ0v) is 13.5. The van der Waals surface area contributed by atoms with Crippen LogP contribution in [0.5, 0.6) is 0 Å². The van der Waals surface area contributed by atoms with E-state index in [-0.39, 0.29) is 18.4 Å². The number of halogens is 3. The van der Waals surface area contributed by atoms with Crippen LogP contribution in [0, 0.1) is 0 Å². The smallest absolute Gasteiger partial charge is 0.348 e. The molecule has 7 heteroatoms. The molecule has 0 bridgehead atoms. The summed E-state index contributed by atoms with van der Waals surface area (Å²) in [6.07, 6.45) is -1.32. The Morgan fingerprint density at radius 2 is 2.04 bits per heavy atom. The van der Waals surface area contributed by atoms with E-state index in [0.29, 0.717) is 18.5 Å². The molecule has 0 aliphatic carbocycles. The molecule has 1 aliphatic heterocycles. The molecule has 24 heavy (non-hydrogen) atoms. The second-order valence-electron chi connectivity index (χ2n) is 6.04. The zero-order chi connectivity index (χ0) is 17.7. The quantitative estimate of drug-likeness (QED) is 0.913. The van der Waals surface area contributed by atoms with Gasteiger partial charge < -0.3 is 10.2 Å². The largest absolute Gasteiger partial charge is 0.416 e. The first-order valence-electron chi connectivity index (χ1n) is 8.01. The summed E-state index contributed by atoms with van der Waals surface area (Å²) in [5.41, 5.74) is -0.371. The van der Waals surface area contributed by atoms with Gasteiger partial charge in [0.05, 0.1) is 18.2 Å². The highest BCUT2D eigenvalue weighted by Gasteiger charge is 2.30. The van der Waals surface area contributed by atoms with Crippen molar-refractivity contribution >= 4 is 11.8 Å². The topological polar surface area (TPSA) is 49.4 Å². The van der Waals surface area contributed by atoms with Gasteiger partial charge in [-0.2, -0.15) is 13.2 Å². The van der Waals surface area contributed by atoms with Crippen molar-refractivity contribution < 1.29 is 22.8 Å². The Balaban J connectivity index is 1.97. The monoisotopic (exact) mass is 342 g/mol. The molecule has 1 heterocycles. The van der Waals surface area contributed by atoms with Crippen LogP contribution < -0.4 is 5.32 Å². The predicted molar refractivity (Wildman–Crippen MR) is 83.0 cm³/mol. The minimum Gasteiger partial charge on any atom is -0.348 e. The van der Waals surface area contributed by atoms with E-state index in [0.717, 1.165) is 31.4 Å². The average molecular weight is 342 g/mol. The third-order valence-corrected chi connectivity index (χ3v) is 4.10. The minimum atomic E-state index is -4.42. The highest BCUT2D eigenvalue weighted by molar-refractivity contribution is 5.85. The fraction of sp³-hybridized carbons (Fsp3) is 0.529. The van der Waals surface area contributed by atoms with Gasteiger partial charge in [-0.25, -0.2) is 0 Å². The Hall–Kier alpha value is -2.05. The maximum absolute atomic E-state index is 12.8. The summed E-state index contributed by atoms with van der Waals surface area (Å²) in [7, 11) is 0. The summed E-state index contributed by atoms with van der Waals surface area (Å²) in [6, 6.07) is 4.31. The van der Waals surface area contributed by atoms with Crippen LogP contribution in [0.25, 0.3) is 0 Å². The zero-order valence-electron chi connectivity index (χ0n) is 13.5. The molecule has 1 fully saturated rings. The van der Waals surface area contributed by atoms with Gasteiger partial charge in [0.15, 0.2) is 0 Å². The van der Waals surface area contributed by atoms with Crippen LogP contribution in [0.3, 0.4) is 0 Å². The fourth-order valence-corrected chi connectivity index (χ4v) is 2.73. The Bertz CT molecular complexity index is 602. The predicted octanol–water partition coefficient (Wildman–Crippen LogP) is 3.29. The second-order valence-corrected chi connectivity index (χ2v) is 6.04. The van der Waals surface area contributed by atoms with Gasteiger partial charge in [-0.3, -0.25) is 9.59 Å². The Morgan fingerprint density at radius 3 is 2.75 bits per heavy atom. The number of rotatable bonds is 4. The number of carbonyl (C=O) groups is 2. The lowest BCUT2D eigenvalue weighted by Crippen LogP contribution is -2.41. The second kappa shape index (κ2) is 7.68. The molecule has 0 radical (unpaired) electrons. The van der Waals surface area contributed by atoms with E-state index >= 15 is 0 Å². The van der Waals surface area contributed by atoms with Gasteiger partial charge in [0.2, 0.25) is 11.8 Å². The Labute approximate surface area is 139 Å². The Morgan fingerprint density at radius 1 is 1.29 bits per heavy atom. The molecule has 1 saturated heterocycles. The molecule has 1 atom stereocenters. The third-order valence-electron chi connectivity index (χ3n) is 4.10. The Kier molecular flexibility index (Phi) is 5.85. The number of benzene rings is 1. The van der Waals surface area contributed by atoms with E-state index in [4.69, 9.17) is 0 Å². The van der Waals surface area contributed by atoms with E-state index in [2.05, 4.69) is 5.32 Å². The van der Waals surface area contributed by atoms with Crippen LogP contribution in [0.2, 0.25) is 0 Å². The maximum atomic E-state index is 12.8. The van der Waals surface area contributed by atoms with Crippen molar-refractivity contribution in [3.05, 3.63) is 35.4 Å². The molecule has 0 aromatic heterocycles. The first-order chi connectivity index (χ1) is 11.3. The number of alkyl halides is 3. The molecule has 2 amide bonds. The first kappa shape index (κ1) is 18.3. The fourth-order valence-electron chi connectivity index (χ4n) is 2.73. The van der Waals surface area contributed by atoms with Crippen LogP contribution >= 0.6 is 0 Å². The van der Waals surface area contributed by atoms with Crippen LogP contribution in [-0.4, -0.2) is 29.8 Å². The highest BCUT2D eigenvalue weighted by Crippen LogP contribution is 2.30. The van der Waals surface area contributed by atoms with Crippen molar-refractivity contribution in [2.75, 3.05) is 13.1 Å². The van der Waals surface area contributed by atoms with Gasteiger partial charge in [-0.1, -0.05) is 18.6 Å². The van der Waals surface area contributed by atoms with Crippen LogP contribution in [-0.2, 0) is 15.8 Å². The molecular formula is C17H21F3N2O2. The third kappa shape index (κ3) is 4.97. The van der Waals surface area contributed by atoms with Crippen molar-refractivity contribution in [2.45, 2.75) is 44.8 Å². The summed E-state index contributed by atoms with van der Waals surface area (Å²) in [6.45, 7) is 2.12. The molecule has 4 nitrogen and oxygen atoms in total. The lowest BCUT2D eigenvalue weighted by Gasteiger charge is -2.22. The first-order valence-corrected chi connectivity index (χ1v) is 8.01. The van der Waals surface area contributed by atoms with Crippen molar-refractivity contribution in [3.63, 3.8) is 0 Å². The number of nitrogens with zero attached hydrogens (tertiary/aromatic N) is 1. The standard InChI is InChI=1S/C17H21F3N2O2/c1-12(13-6-5-7-14(10-13)17(18,19)20)21-15(23)11-22-9-4-2-3-8-16(22)24/h5-7,10,12H,2-4,8-9,11H2,1H3,(H,21,23)/t12-/m0/s1. The minimum absolute atomic E-state index is 0.0469. The van der Waals surface area contributed by atoms with Gasteiger partial charge >= 0.3 is 6.18 Å². The van der Waals surface area contributed by atoms with Gasteiger partial charge in [0.25, 0.3) is 0 Å². The molecule has 1 aromatic carbocycles. The number of likely N-dealkylation sites (tertiary alicyclic amines) is 1. The lowest BCUT2D eigenvalue weighted by molar-refractivity contribution is -0.137. The average Bonchev–Trinajstić information content (AvgIpc) is 2.71. The van der Waals surface area contributed by atoms with Gasteiger partial charge in [-0.15, -0.1) is 0 Å². The van der Waals surface area contributed by atoms with E-state index in [1.165, 1.54) is 17.0 Å². The van der Waals surface area contributed by atoms with Crippen molar-refractivity contribution in [1.29, 1.82) is 0 Å². The van der Waals surface area contributed by atoms with E-state index in [1.807, 2.05) is 0 Å². The van der Waals surface area contributed by atoms with E-state index in [1.54, 1.807) is 6.92 Å². The summed E-state index contributed by atoms with van der Waals surface area (Å²) >= 11 is 0. The molecule has 0 unspecified atom stereocenters. The SMILES string of the molecule is C[C@H](NC(=O)CN1CCCCCC1=O)c1cccc(C(F)(F)F)c1. The summed E-state index contributed by atoms with van der Waals surface area (Å²) < 4.78 is 38.3. The van der Waals surface area contributed by atoms with Crippen LogP contribution in [0.1, 0.15) is 49.8 Å². The van der Waals surface area contributed by atoms with Crippen molar-refractivity contribution in [2.24, 2.45) is 0 Å². The van der Waals surface area contributed by atoms with Gasteiger partial charge in [0.1, 0.15) is 0 Å². The number of nitrogens with one attached hydrogen (secondary N) is 1. The van der Waals surface area contributed by atoms with Crippen molar-refractivity contribution in [3.8, 4) is 0 Å². The molecule has 2 rings (SSSR count). The van der Waals surface area contributed by atoms with Gasteiger partial charge in [0, 0.05) is 13.0 Å². The lowest BCUT2D eigenvalue weighted by atomic mass is 10.0. The molecular weight excluding hydrogens is 321 g/mol. The van der Waals surface area contributed by atoms with Crippen molar-refractivity contribution in [1.82, 2.24) is 10.2 Å². The van der Waals surface area contributed by atoms with Gasteiger partial charge in [-0.05, 0) is 37.5 Å². The summed E-state index contributed by atoms with van der Waals surface area (Å²) in [5.74, 6) is -0.412. The molecule has 1 aromatic rings. The van der Waals surface area contributed by atoms with E-state index in [9.17, 15) is 22.8 Å². The van der Waals surface area contributed by atoms with Crippen LogP contribution in [0.15, 0.2) is 24.3 Å².